The second-order valence-corrected chi connectivity index (χ2v) is 4.61. The number of aliphatic hydroxyl groups excluding tert-OH is 1. The Labute approximate surface area is 175 Å². The van der Waals surface area contributed by atoms with E-state index >= 15 is 0 Å². The van der Waals surface area contributed by atoms with Crippen LogP contribution in [0.1, 0.15) is 34.6 Å². The lowest BCUT2D eigenvalue weighted by Gasteiger charge is -2.02. The average Bonchev–Trinajstić information content (AvgIpc) is 2.48. The van der Waals surface area contributed by atoms with E-state index < -0.39 is 29.8 Å². The summed E-state index contributed by atoms with van der Waals surface area (Å²) < 4.78 is 0. The highest BCUT2D eigenvalue weighted by molar-refractivity contribution is 5.63. The Morgan fingerprint density at radius 1 is 0.567 bits per heavy atom. The van der Waals surface area contributed by atoms with E-state index in [9.17, 15) is 0 Å². The van der Waals surface area contributed by atoms with Crippen LogP contribution in [0.15, 0.2) is 0 Å². The van der Waals surface area contributed by atoms with Gasteiger partial charge in [-0.3, -0.25) is 24.0 Å². The molecule has 0 saturated carbocycles. The predicted molar refractivity (Wildman–Crippen MR) is 108 cm³/mol. The molecule has 0 aromatic carbocycles. The van der Waals surface area contributed by atoms with E-state index in [1.54, 1.807) is 0 Å². The van der Waals surface area contributed by atoms with Crippen molar-refractivity contribution in [2.24, 2.45) is 5.73 Å². The SMILES string of the molecule is CC(=O)O.CC(=O)O.CC(=O)O.CC(=O)O.CC(=O)O.NCCNCCNCCO. The minimum Gasteiger partial charge on any atom is -0.481 e. The van der Waals surface area contributed by atoms with Gasteiger partial charge in [0.2, 0.25) is 0 Å². The van der Waals surface area contributed by atoms with Gasteiger partial charge in [0.25, 0.3) is 29.8 Å². The highest BCUT2D eigenvalue weighted by Crippen LogP contribution is 1.58. The smallest absolute Gasteiger partial charge is 0.300 e. The standard InChI is InChI=1S/C6H17N3O.5C2H4O2/c7-1-2-8-3-4-9-5-6-10;5*1-2(3)4/h8-10H,1-7H2;5*1H3,(H,3,4). The first kappa shape index (κ1) is 41.5. The largest absolute Gasteiger partial charge is 0.481 e. The monoisotopic (exact) mass is 447 g/mol. The number of nitrogens with one attached hydrogen (secondary N) is 2. The quantitative estimate of drug-likeness (QED) is 0.203. The Morgan fingerprint density at radius 2 is 0.767 bits per heavy atom. The third-order valence-electron chi connectivity index (χ3n) is 1.09. The van der Waals surface area contributed by atoms with E-state index in [0.717, 1.165) is 54.3 Å². The molecule has 0 bridgehead atoms. The number of carboxylic acid groups (broad SMARTS) is 5. The molecule has 0 fully saturated rings. The summed E-state index contributed by atoms with van der Waals surface area (Å²) in [7, 11) is 0. The maximum absolute atomic E-state index is 9.00. The highest BCUT2D eigenvalue weighted by Gasteiger charge is 1.84. The lowest BCUT2D eigenvalue weighted by Crippen LogP contribution is -2.31. The zero-order chi connectivity index (χ0) is 25.5. The summed E-state index contributed by atoms with van der Waals surface area (Å²) in [5.41, 5.74) is 5.25. The molecule has 14 heteroatoms. The number of rotatable bonds is 7. The molecule has 0 atom stereocenters. The van der Waals surface area contributed by atoms with E-state index in [0.29, 0.717) is 13.1 Å². The van der Waals surface area contributed by atoms with Crippen LogP contribution >= 0.6 is 0 Å². The third kappa shape index (κ3) is 840. The molecule has 10 N–H and O–H groups in total. The third-order valence-corrected chi connectivity index (χ3v) is 1.09. The van der Waals surface area contributed by atoms with Crippen molar-refractivity contribution in [3.8, 4) is 0 Å². The van der Waals surface area contributed by atoms with Crippen LogP contribution in [0, 0.1) is 0 Å². The van der Waals surface area contributed by atoms with Crippen molar-refractivity contribution in [1.82, 2.24) is 10.6 Å². The summed E-state index contributed by atoms with van der Waals surface area (Å²) in [6.45, 7) is 9.64. The van der Waals surface area contributed by atoms with Crippen molar-refractivity contribution in [2.45, 2.75) is 34.6 Å². The second-order valence-electron chi connectivity index (χ2n) is 4.61. The van der Waals surface area contributed by atoms with E-state index in [1.807, 2.05) is 0 Å². The number of carbonyl (C=O) groups is 5. The van der Waals surface area contributed by atoms with Crippen molar-refractivity contribution in [1.29, 1.82) is 0 Å². The Hall–Kier alpha value is -2.81. The topological polar surface area (TPSA) is 257 Å². The van der Waals surface area contributed by atoms with Gasteiger partial charge in [0.1, 0.15) is 0 Å². The van der Waals surface area contributed by atoms with Crippen molar-refractivity contribution >= 4 is 29.8 Å². The maximum atomic E-state index is 9.00. The van der Waals surface area contributed by atoms with Gasteiger partial charge in [0.05, 0.1) is 6.61 Å². The Morgan fingerprint density at radius 3 is 0.933 bits per heavy atom. The van der Waals surface area contributed by atoms with E-state index in [1.165, 1.54) is 0 Å². The average molecular weight is 447 g/mol. The van der Waals surface area contributed by atoms with Gasteiger partial charge in [-0.1, -0.05) is 0 Å². The molecule has 0 aliphatic heterocycles. The fraction of sp³-hybridized carbons (Fsp3) is 0.688. The van der Waals surface area contributed by atoms with Crippen molar-refractivity contribution in [3.05, 3.63) is 0 Å². The van der Waals surface area contributed by atoms with Crippen LogP contribution in [0.5, 0.6) is 0 Å². The number of hydrogen-bond donors (Lipinski definition) is 9. The van der Waals surface area contributed by atoms with Crippen molar-refractivity contribution < 1.29 is 54.6 Å². The fourth-order valence-corrected chi connectivity index (χ4v) is 0.608. The predicted octanol–water partition coefficient (Wildman–Crippen LogP) is -1.43. The molecule has 30 heavy (non-hydrogen) atoms. The van der Waals surface area contributed by atoms with E-state index in [4.69, 9.17) is 60.3 Å². The van der Waals surface area contributed by atoms with Gasteiger partial charge < -0.3 is 47.0 Å². The van der Waals surface area contributed by atoms with Crippen LogP contribution in [-0.2, 0) is 24.0 Å². The summed E-state index contributed by atoms with van der Waals surface area (Å²) in [4.78, 5) is 45.0. The molecule has 0 aromatic heterocycles. The van der Waals surface area contributed by atoms with Crippen LogP contribution < -0.4 is 16.4 Å². The van der Waals surface area contributed by atoms with Crippen LogP contribution in [0.2, 0.25) is 0 Å². The van der Waals surface area contributed by atoms with Gasteiger partial charge in [-0.25, -0.2) is 0 Å². The fourth-order valence-electron chi connectivity index (χ4n) is 0.608. The van der Waals surface area contributed by atoms with Crippen LogP contribution in [0.4, 0.5) is 0 Å². The molecule has 0 aromatic rings. The lowest BCUT2D eigenvalue weighted by atomic mass is 10.5. The van der Waals surface area contributed by atoms with Gasteiger partial charge in [-0.15, -0.1) is 0 Å². The molecular weight excluding hydrogens is 410 g/mol. The molecule has 0 heterocycles. The van der Waals surface area contributed by atoms with E-state index in [-0.39, 0.29) is 6.61 Å². The number of aliphatic carboxylic acids is 5. The molecular formula is C16H37N3O11. The maximum Gasteiger partial charge on any atom is 0.300 e. The molecule has 0 aliphatic carbocycles. The van der Waals surface area contributed by atoms with Crippen molar-refractivity contribution in [3.63, 3.8) is 0 Å². The first-order chi connectivity index (χ1) is 13.6. The number of nitrogens with two attached hydrogens (primary N) is 1. The van der Waals surface area contributed by atoms with E-state index in [2.05, 4.69) is 10.6 Å². The van der Waals surface area contributed by atoms with Gasteiger partial charge in [-0.2, -0.15) is 0 Å². The van der Waals surface area contributed by atoms with Crippen LogP contribution in [0.25, 0.3) is 0 Å². The number of hydrogen-bond acceptors (Lipinski definition) is 9. The molecule has 0 unspecified atom stereocenters. The molecule has 0 amide bonds. The minimum atomic E-state index is -0.833. The van der Waals surface area contributed by atoms with Gasteiger partial charge in [0.15, 0.2) is 0 Å². The normalized spacial score (nSPS) is 7.57. The minimum absolute atomic E-state index is 0.205. The molecule has 0 rings (SSSR count). The lowest BCUT2D eigenvalue weighted by molar-refractivity contribution is -0.135. The molecule has 14 nitrogen and oxygen atoms in total. The summed E-state index contributed by atoms with van der Waals surface area (Å²) in [6, 6.07) is 0. The Kier molecular flexibility index (Phi) is 56.4. The van der Waals surface area contributed by atoms with Gasteiger partial charge >= 0.3 is 0 Å². The van der Waals surface area contributed by atoms with Crippen molar-refractivity contribution in [2.75, 3.05) is 39.3 Å². The molecule has 0 aliphatic rings. The summed E-state index contributed by atoms with van der Waals surface area (Å²) >= 11 is 0. The van der Waals surface area contributed by atoms with Crippen LogP contribution in [0.3, 0.4) is 0 Å². The zero-order valence-electron chi connectivity index (χ0n) is 18.0. The molecule has 0 saturated heterocycles. The molecule has 182 valence electrons. The van der Waals surface area contributed by atoms with Gasteiger partial charge in [0, 0.05) is 67.3 Å². The van der Waals surface area contributed by atoms with Gasteiger partial charge in [-0.05, 0) is 0 Å². The first-order valence-electron chi connectivity index (χ1n) is 8.28. The second kappa shape index (κ2) is 40.8. The molecule has 0 spiro atoms. The first-order valence-corrected chi connectivity index (χ1v) is 8.28. The Balaban J connectivity index is -0.0000000616. The summed E-state index contributed by atoms with van der Waals surface area (Å²) in [5, 5.41) is 51.6. The van der Waals surface area contributed by atoms with Crippen LogP contribution in [-0.4, -0.2) is 99.8 Å². The number of carboxylic acids is 5. The summed E-state index contributed by atoms with van der Waals surface area (Å²) in [5.74, 6) is -4.17. The number of aliphatic hydroxyl groups is 1. The summed E-state index contributed by atoms with van der Waals surface area (Å²) in [6.07, 6.45) is 0. The highest BCUT2D eigenvalue weighted by atomic mass is 16.4. The Bertz CT molecular complexity index is 322. The molecule has 0 radical (unpaired) electrons. The zero-order valence-corrected chi connectivity index (χ0v) is 18.0.